The zero-order valence-corrected chi connectivity index (χ0v) is 9.44. The van der Waals surface area contributed by atoms with Gasteiger partial charge in [-0.25, -0.2) is 0 Å². The van der Waals surface area contributed by atoms with Crippen molar-refractivity contribution in [3.8, 4) is 11.3 Å². The number of hydrogen-bond donors (Lipinski definition) is 1. The van der Waals surface area contributed by atoms with Crippen LogP contribution in [0, 0.1) is 0 Å². The smallest absolute Gasteiger partial charge is 0.176 e. The summed E-state index contributed by atoms with van der Waals surface area (Å²) in [7, 11) is 0. The van der Waals surface area contributed by atoms with E-state index in [0.717, 1.165) is 5.56 Å². The zero-order valence-electron chi connectivity index (χ0n) is 8.62. The van der Waals surface area contributed by atoms with Crippen LogP contribution in [0.5, 0.6) is 0 Å². The summed E-state index contributed by atoms with van der Waals surface area (Å²) in [5.74, 6) is 0.614. The lowest BCUT2D eigenvalue weighted by Gasteiger charge is -1.96. The molecule has 2 rings (SSSR count). The van der Waals surface area contributed by atoms with Crippen molar-refractivity contribution in [3.63, 3.8) is 0 Å². The Morgan fingerprint density at radius 3 is 2.75 bits per heavy atom. The lowest BCUT2D eigenvalue weighted by Crippen LogP contribution is -1.85. The van der Waals surface area contributed by atoms with Crippen LogP contribution in [0.25, 0.3) is 11.3 Å². The van der Waals surface area contributed by atoms with Crippen LogP contribution in [-0.4, -0.2) is 22.8 Å². The summed E-state index contributed by atoms with van der Waals surface area (Å²) in [6.07, 6.45) is 3.23. The fourth-order valence-corrected chi connectivity index (χ4v) is 1.88. The summed E-state index contributed by atoms with van der Waals surface area (Å²) in [4.78, 5) is 0. The highest BCUT2D eigenvalue weighted by Crippen LogP contribution is 2.29. The molecule has 1 N–H and O–H groups in total. The normalized spacial score (nSPS) is 11.1. The van der Waals surface area contributed by atoms with Gasteiger partial charge in [-0.2, -0.15) is 0 Å². The molecule has 2 aromatic rings. The largest absolute Gasteiger partial charge is 0.411 e. The maximum atomic E-state index is 8.62. The van der Waals surface area contributed by atoms with E-state index < -0.39 is 0 Å². The van der Waals surface area contributed by atoms with Crippen molar-refractivity contribution < 1.29 is 9.73 Å². The van der Waals surface area contributed by atoms with E-state index in [1.807, 2.05) is 36.6 Å². The second-order valence-corrected chi connectivity index (χ2v) is 3.84. The van der Waals surface area contributed by atoms with E-state index in [1.54, 1.807) is 0 Å². The van der Waals surface area contributed by atoms with Gasteiger partial charge in [0.1, 0.15) is 5.03 Å². The van der Waals surface area contributed by atoms with Crippen molar-refractivity contribution in [2.24, 2.45) is 5.16 Å². The zero-order chi connectivity index (χ0) is 11.4. The van der Waals surface area contributed by atoms with E-state index in [-0.39, 0.29) is 0 Å². The second kappa shape index (κ2) is 4.85. The van der Waals surface area contributed by atoms with E-state index >= 15 is 0 Å². The number of hydrogen-bond acceptors (Lipinski definition) is 5. The number of thioether (sulfide) groups is 1. The van der Waals surface area contributed by atoms with Crippen LogP contribution in [-0.2, 0) is 0 Å². The SMILES string of the molecule is CSc1noc(-c2ccccc2)c1/C=N/O. The molecule has 0 saturated carbocycles. The molecule has 0 fully saturated rings. The predicted molar refractivity (Wildman–Crippen MR) is 63.1 cm³/mol. The van der Waals surface area contributed by atoms with E-state index in [4.69, 9.17) is 9.73 Å². The van der Waals surface area contributed by atoms with E-state index in [2.05, 4.69) is 10.3 Å². The lowest BCUT2D eigenvalue weighted by molar-refractivity contribution is 0.321. The lowest BCUT2D eigenvalue weighted by atomic mass is 10.1. The molecule has 0 aliphatic heterocycles. The topological polar surface area (TPSA) is 58.6 Å². The average molecular weight is 234 g/mol. The predicted octanol–water partition coefficient (Wildman–Crippen LogP) is 2.87. The molecule has 82 valence electrons. The molecule has 4 nitrogen and oxygen atoms in total. The molecule has 16 heavy (non-hydrogen) atoms. The van der Waals surface area contributed by atoms with Crippen molar-refractivity contribution in [2.75, 3.05) is 6.26 Å². The van der Waals surface area contributed by atoms with Crippen LogP contribution in [0.3, 0.4) is 0 Å². The summed E-state index contributed by atoms with van der Waals surface area (Å²) in [6, 6.07) is 9.58. The maximum Gasteiger partial charge on any atom is 0.176 e. The Balaban J connectivity index is 2.53. The molecule has 0 amide bonds. The molecule has 0 unspecified atom stereocenters. The highest BCUT2D eigenvalue weighted by Gasteiger charge is 2.15. The standard InChI is InChI=1S/C11H10N2O2S/c1-16-11-9(7-12-14)10(15-13-11)8-5-3-2-4-6-8/h2-7,14H,1H3/b12-7+. The number of nitrogens with zero attached hydrogens (tertiary/aromatic N) is 2. The van der Waals surface area contributed by atoms with Gasteiger partial charge in [0.2, 0.25) is 0 Å². The van der Waals surface area contributed by atoms with Gasteiger partial charge in [-0.15, -0.1) is 11.8 Å². The first-order chi connectivity index (χ1) is 7.86. The molecule has 5 heteroatoms. The number of benzene rings is 1. The third-order valence-corrected chi connectivity index (χ3v) is 2.79. The third kappa shape index (κ3) is 1.94. The van der Waals surface area contributed by atoms with Gasteiger partial charge in [-0.05, 0) is 6.26 Å². The Bertz CT molecular complexity index is 494. The average Bonchev–Trinajstić information content (AvgIpc) is 2.74. The molecule has 0 bridgehead atoms. The minimum absolute atomic E-state index is 0.614. The van der Waals surface area contributed by atoms with Crippen LogP contribution in [0.2, 0.25) is 0 Å². The minimum atomic E-state index is 0.614. The summed E-state index contributed by atoms with van der Waals surface area (Å²) >= 11 is 1.44. The van der Waals surface area contributed by atoms with Gasteiger partial charge in [0, 0.05) is 5.56 Å². The molecule has 0 radical (unpaired) electrons. The Morgan fingerprint density at radius 2 is 2.12 bits per heavy atom. The molecule has 0 saturated heterocycles. The van der Waals surface area contributed by atoms with E-state index in [9.17, 15) is 0 Å². The van der Waals surface area contributed by atoms with Gasteiger partial charge in [0.25, 0.3) is 0 Å². The first kappa shape index (κ1) is 10.8. The first-order valence-corrected chi connectivity index (χ1v) is 5.85. The molecule has 1 heterocycles. The highest BCUT2D eigenvalue weighted by atomic mass is 32.2. The molecule has 1 aromatic heterocycles. The van der Waals surface area contributed by atoms with Gasteiger partial charge in [-0.1, -0.05) is 40.6 Å². The Kier molecular flexibility index (Phi) is 3.26. The van der Waals surface area contributed by atoms with Crippen molar-refractivity contribution in [3.05, 3.63) is 35.9 Å². The summed E-state index contributed by atoms with van der Waals surface area (Å²) < 4.78 is 5.25. The van der Waals surface area contributed by atoms with E-state index in [1.165, 1.54) is 18.0 Å². The summed E-state index contributed by atoms with van der Waals surface area (Å²) in [5, 5.41) is 16.3. The van der Waals surface area contributed by atoms with Crippen molar-refractivity contribution in [1.82, 2.24) is 5.16 Å². The van der Waals surface area contributed by atoms with Crippen molar-refractivity contribution >= 4 is 18.0 Å². The monoisotopic (exact) mass is 234 g/mol. The minimum Gasteiger partial charge on any atom is -0.411 e. The fourth-order valence-electron chi connectivity index (χ4n) is 1.40. The maximum absolute atomic E-state index is 8.62. The fraction of sp³-hybridized carbons (Fsp3) is 0.0909. The molecule has 0 aliphatic carbocycles. The Labute approximate surface area is 97.0 Å². The van der Waals surface area contributed by atoms with Gasteiger partial charge >= 0.3 is 0 Å². The van der Waals surface area contributed by atoms with Crippen LogP contribution >= 0.6 is 11.8 Å². The molecule has 1 aromatic carbocycles. The molecule has 0 spiro atoms. The van der Waals surface area contributed by atoms with Gasteiger partial charge in [-0.3, -0.25) is 0 Å². The second-order valence-electron chi connectivity index (χ2n) is 3.05. The van der Waals surface area contributed by atoms with Gasteiger partial charge in [0.05, 0.1) is 11.8 Å². The molecular weight excluding hydrogens is 224 g/mol. The van der Waals surface area contributed by atoms with Gasteiger partial charge in [0.15, 0.2) is 5.76 Å². The number of oxime groups is 1. The summed E-state index contributed by atoms with van der Waals surface area (Å²) in [5.41, 5.74) is 1.60. The van der Waals surface area contributed by atoms with E-state index in [0.29, 0.717) is 16.3 Å². The number of aromatic nitrogens is 1. The third-order valence-electron chi connectivity index (χ3n) is 2.11. The van der Waals surface area contributed by atoms with Crippen LogP contribution in [0.4, 0.5) is 0 Å². The van der Waals surface area contributed by atoms with Gasteiger partial charge < -0.3 is 9.73 Å². The van der Waals surface area contributed by atoms with Crippen LogP contribution in [0.1, 0.15) is 5.56 Å². The quantitative estimate of drug-likeness (QED) is 0.384. The Morgan fingerprint density at radius 1 is 1.38 bits per heavy atom. The highest BCUT2D eigenvalue weighted by molar-refractivity contribution is 7.98. The molecule has 0 atom stereocenters. The first-order valence-electron chi connectivity index (χ1n) is 4.63. The molecule has 0 aliphatic rings. The summed E-state index contributed by atoms with van der Waals surface area (Å²) in [6.45, 7) is 0. The Hall–Kier alpha value is -1.75. The molecular formula is C11H10N2O2S. The van der Waals surface area contributed by atoms with Crippen molar-refractivity contribution in [1.29, 1.82) is 0 Å². The van der Waals surface area contributed by atoms with Crippen LogP contribution in [0.15, 0.2) is 45.0 Å². The van der Waals surface area contributed by atoms with Crippen molar-refractivity contribution in [2.45, 2.75) is 5.03 Å². The van der Waals surface area contributed by atoms with Crippen LogP contribution < -0.4 is 0 Å². The number of rotatable bonds is 3.